The fourth-order valence-electron chi connectivity index (χ4n) is 2.53. The Kier molecular flexibility index (Phi) is 4.71. The molecule has 0 bridgehead atoms. The molecular weight excluding hydrogens is 398 g/mol. The molecule has 23 heavy (non-hydrogen) atoms. The SMILES string of the molecule is Cc1c(Sc2ccc(Cl)cc2)c2c(Br)cccc2n1CC(=O)O. The van der Waals surface area contributed by atoms with Gasteiger partial charge in [-0.15, -0.1) is 0 Å². The highest BCUT2D eigenvalue weighted by Crippen LogP contribution is 2.41. The van der Waals surface area contributed by atoms with E-state index in [0.29, 0.717) is 5.02 Å². The van der Waals surface area contributed by atoms with Crippen molar-refractivity contribution in [2.75, 3.05) is 0 Å². The van der Waals surface area contributed by atoms with Gasteiger partial charge in [-0.25, -0.2) is 0 Å². The van der Waals surface area contributed by atoms with Gasteiger partial charge in [-0.2, -0.15) is 0 Å². The Bertz CT molecular complexity index is 890. The predicted molar refractivity (Wildman–Crippen MR) is 97.6 cm³/mol. The molecule has 3 aromatic rings. The molecule has 0 radical (unpaired) electrons. The van der Waals surface area contributed by atoms with Gasteiger partial charge in [-0.1, -0.05) is 45.4 Å². The number of hydrogen-bond donors (Lipinski definition) is 1. The summed E-state index contributed by atoms with van der Waals surface area (Å²) >= 11 is 11.1. The van der Waals surface area contributed by atoms with E-state index in [2.05, 4.69) is 15.9 Å². The smallest absolute Gasteiger partial charge is 0.323 e. The first-order valence-corrected chi connectivity index (χ1v) is 8.88. The van der Waals surface area contributed by atoms with Crippen LogP contribution in [0.3, 0.4) is 0 Å². The number of carboxylic acids is 1. The Hall–Kier alpha value is -1.43. The van der Waals surface area contributed by atoms with E-state index in [-0.39, 0.29) is 6.54 Å². The van der Waals surface area contributed by atoms with Crippen molar-refractivity contribution in [3.05, 3.63) is 57.7 Å². The van der Waals surface area contributed by atoms with Crippen LogP contribution in [0.4, 0.5) is 0 Å². The largest absolute Gasteiger partial charge is 0.480 e. The average molecular weight is 411 g/mol. The van der Waals surface area contributed by atoms with E-state index in [1.807, 2.05) is 54.0 Å². The molecule has 118 valence electrons. The van der Waals surface area contributed by atoms with Crippen molar-refractivity contribution in [2.24, 2.45) is 0 Å². The van der Waals surface area contributed by atoms with Crippen molar-refractivity contribution in [3.8, 4) is 0 Å². The summed E-state index contributed by atoms with van der Waals surface area (Å²) in [7, 11) is 0. The molecule has 0 aliphatic carbocycles. The molecule has 3 rings (SSSR count). The van der Waals surface area contributed by atoms with E-state index in [9.17, 15) is 9.90 Å². The Morgan fingerprint density at radius 3 is 2.61 bits per heavy atom. The van der Waals surface area contributed by atoms with Crippen LogP contribution in [0.15, 0.2) is 56.7 Å². The standard InChI is InChI=1S/C17H13BrClNO2S/c1-10-17(23-12-7-5-11(19)6-8-12)16-13(18)3-2-4-14(16)20(10)9-15(21)22/h2-8H,9H2,1H3,(H,21,22). The summed E-state index contributed by atoms with van der Waals surface area (Å²) < 4.78 is 2.79. The highest BCUT2D eigenvalue weighted by Gasteiger charge is 2.18. The van der Waals surface area contributed by atoms with Gasteiger partial charge in [0, 0.05) is 30.4 Å². The van der Waals surface area contributed by atoms with Crippen molar-refractivity contribution < 1.29 is 9.90 Å². The second-order valence-corrected chi connectivity index (χ2v) is 7.46. The average Bonchev–Trinajstić information content (AvgIpc) is 2.76. The number of aromatic nitrogens is 1. The Morgan fingerprint density at radius 2 is 1.96 bits per heavy atom. The van der Waals surface area contributed by atoms with Crippen molar-refractivity contribution in [3.63, 3.8) is 0 Å². The zero-order chi connectivity index (χ0) is 16.6. The molecule has 0 amide bonds. The minimum Gasteiger partial charge on any atom is -0.480 e. The number of carbonyl (C=O) groups is 1. The Labute approximate surface area is 151 Å². The minimum atomic E-state index is -0.854. The molecule has 0 saturated heterocycles. The van der Waals surface area contributed by atoms with E-state index < -0.39 is 5.97 Å². The minimum absolute atomic E-state index is 0.0556. The van der Waals surface area contributed by atoms with Gasteiger partial charge >= 0.3 is 5.97 Å². The first-order chi connectivity index (χ1) is 11.0. The Morgan fingerprint density at radius 1 is 1.26 bits per heavy atom. The van der Waals surface area contributed by atoms with Crippen molar-refractivity contribution >= 4 is 56.2 Å². The summed E-state index contributed by atoms with van der Waals surface area (Å²) in [4.78, 5) is 13.3. The van der Waals surface area contributed by atoms with E-state index >= 15 is 0 Å². The second kappa shape index (κ2) is 6.59. The number of benzene rings is 2. The van der Waals surface area contributed by atoms with E-state index in [0.717, 1.165) is 30.9 Å². The summed E-state index contributed by atoms with van der Waals surface area (Å²) in [5.41, 5.74) is 1.85. The zero-order valence-electron chi connectivity index (χ0n) is 12.2. The number of halogens is 2. The second-order valence-electron chi connectivity index (χ2n) is 5.08. The fourth-order valence-corrected chi connectivity index (χ4v) is 4.42. The van der Waals surface area contributed by atoms with Crippen LogP contribution in [0.2, 0.25) is 5.02 Å². The first kappa shape index (κ1) is 16.4. The molecule has 0 aliphatic rings. The number of rotatable bonds is 4. The van der Waals surface area contributed by atoms with Gasteiger partial charge in [0.25, 0.3) is 0 Å². The van der Waals surface area contributed by atoms with Gasteiger partial charge in [0.05, 0.1) is 5.52 Å². The molecule has 6 heteroatoms. The molecule has 0 fully saturated rings. The number of nitrogens with zero attached hydrogens (tertiary/aromatic N) is 1. The van der Waals surface area contributed by atoms with Gasteiger partial charge in [-0.3, -0.25) is 4.79 Å². The van der Waals surface area contributed by atoms with Crippen LogP contribution in [-0.4, -0.2) is 15.6 Å². The first-order valence-electron chi connectivity index (χ1n) is 6.90. The fraction of sp³-hybridized carbons (Fsp3) is 0.118. The third kappa shape index (κ3) is 3.27. The lowest BCUT2D eigenvalue weighted by Crippen LogP contribution is -2.09. The van der Waals surface area contributed by atoms with Crippen molar-refractivity contribution in [2.45, 2.75) is 23.3 Å². The third-order valence-corrected chi connectivity index (χ3v) is 5.69. The van der Waals surface area contributed by atoms with Crippen LogP contribution in [0.5, 0.6) is 0 Å². The maximum absolute atomic E-state index is 11.2. The summed E-state index contributed by atoms with van der Waals surface area (Å²) in [5.74, 6) is -0.854. The zero-order valence-corrected chi connectivity index (χ0v) is 15.4. The summed E-state index contributed by atoms with van der Waals surface area (Å²) in [6.45, 7) is 1.90. The van der Waals surface area contributed by atoms with Gasteiger partial charge in [0.1, 0.15) is 6.54 Å². The van der Waals surface area contributed by atoms with Gasteiger partial charge < -0.3 is 9.67 Å². The van der Waals surface area contributed by atoms with E-state index in [1.165, 1.54) is 0 Å². The van der Waals surface area contributed by atoms with Crippen LogP contribution in [-0.2, 0) is 11.3 Å². The van der Waals surface area contributed by atoms with Crippen molar-refractivity contribution in [1.82, 2.24) is 4.57 Å². The molecule has 0 spiro atoms. The number of carboxylic acid groups (broad SMARTS) is 1. The van der Waals surface area contributed by atoms with E-state index in [4.69, 9.17) is 11.6 Å². The Balaban J connectivity index is 2.17. The summed E-state index contributed by atoms with van der Waals surface area (Å²) in [6, 6.07) is 13.5. The maximum atomic E-state index is 11.2. The number of fused-ring (bicyclic) bond motifs is 1. The summed E-state index contributed by atoms with van der Waals surface area (Å²) in [5, 5.41) is 10.9. The molecule has 0 saturated carbocycles. The third-order valence-electron chi connectivity index (χ3n) is 3.57. The molecule has 2 aromatic carbocycles. The lowest BCUT2D eigenvalue weighted by atomic mass is 10.2. The van der Waals surface area contributed by atoms with Gasteiger partial charge in [-0.05, 0) is 43.3 Å². The topological polar surface area (TPSA) is 42.2 Å². The monoisotopic (exact) mass is 409 g/mol. The van der Waals surface area contributed by atoms with Gasteiger partial charge in [0.15, 0.2) is 0 Å². The van der Waals surface area contributed by atoms with E-state index in [1.54, 1.807) is 11.8 Å². The molecule has 0 unspecified atom stereocenters. The van der Waals surface area contributed by atoms with Crippen LogP contribution in [0.25, 0.3) is 10.9 Å². The highest BCUT2D eigenvalue weighted by molar-refractivity contribution is 9.10. The molecule has 1 aromatic heterocycles. The molecule has 1 N–H and O–H groups in total. The van der Waals surface area contributed by atoms with Gasteiger partial charge in [0.2, 0.25) is 0 Å². The molecule has 0 atom stereocenters. The normalized spacial score (nSPS) is 11.1. The summed E-state index contributed by atoms with van der Waals surface area (Å²) in [6.07, 6.45) is 0. The quantitative estimate of drug-likeness (QED) is 0.608. The number of hydrogen-bond acceptors (Lipinski definition) is 2. The molecular formula is C17H13BrClNO2S. The lowest BCUT2D eigenvalue weighted by Gasteiger charge is -2.05. The van der Waals surface area contributed by atoms with Crippen molar-refractivity contribution in [1.29, 1.82) is 0 Å². The van der Waals surface area contributed by atoms with Crippen LogP contribution in [0.1, 0.15) is 5.69 Å². The number of aliphatic carboxylic acids is 1. The van der Waals surface area contributed by atoms with Crippen LogP contribution < -0.4 is 0 Å². The molecule has 1 heterocycles. The van der Waals surface area contributed by atoms with Crippen LogP contribution in [0, 0.1) is 6.92 Å². The lowest BCUT2D eigenvalue weighted by molar-refractivity contribution is -0.137. The van der Waals surface area contributed by atoms with Crippen LogP contribution >= 0.6 is 39.3 Å². The molecule has 3 nitrogen and oxygen atoms in total. The predicted octanol–water partition coefficient (Wildman–Crippen LogP) is 5.60. The molecule has 0 aliphatic heterocycles. The maximum Gasteiger partial charge on any atom is 0.323 e. The highest BCUT2D eigenvalue weighted by atomic mass is 79.9.